The first kappa shape index (κ1) is 30.1. The van der Waals surface area contributed by atoms with Gasteiger partial charge < -0.3 is 36.2 Å². The maximum absolute atomic E-state index is 13.1. The van der Waals surface area contributed by atoms with Crippen molar-refractivity contribution in [2.75, 3.05) is 20.4 Å². The maximum atomic E-state index is 13.1. The Morgan fingerprint density at radius 2 is 1.36 bits per heavy atom. The van der Waals surface area contributed by atoms with E-state index in [1.165, 1.54) is 28.1 Å². The lowest BCUT2D eigenvalue weighted by molar-refractivity contribution is -0.151. The minimum absolute atomic E-state index is 0.0131. The number of esters is 2. The summed E-state index contributed by atoms with van der Waals surface area (Å²) >= 11 is 0. The number of hydrogen-bond donors (Lipinski definition) is 0. The van der Waals surface area contributed by atoms with Gasteiger partial charge in [-0.3, -0.25) is 22.8 Å². The normalized spacial score (nSPS) is 14.4. The summed E-state index contributed by atoms with van der Waals surface area (Å²) in [7, 11) is -2.61. The third kappa shape index (κ3) is 9.74. The van der Waals surface area contributed by atoms with Crippen LogP contribution >= 0.6 is 25.7 Å². The Bertz CT molecular complexity index is 1150. The SMILES string of the molecule is COPOP(=O)(CC(CCC(=O)OCc1oc(=O)oc1C)C(=O)OCc1oc(=O)oc1C)OPOC. The van der Waals surface area contributed by atoms with Crippen molar-refractivity contribution in [3.05, 3.63) is 44.3 Å². The second kappa shape index (κ2) is 14.6. The van der Waals surface area contributed by atoms with Gasteiger partial charge in [-0.25, -0.2) is 9.59 Å². The summed E-state index contributed by atoms with van der Waals surface area (Å²) in [6.45, 7) is 2.10. The van der Waals surface area contributed by atoms with Crippen LogP contribution in [0.25, 0.3) is 0 Å². The molecule has 0 aliphatic heterocycles. The molecule has 36 heavy (non-hydrogen) atoms. The average molecular weight is 574 g/mol. The van der Waals surface area contributed by atoms with Crippen LogP contribution in [0, 0.1) is 19.8 Å². The van der Waals surface area contributed by atoms with Gasteiger partial charge in [0.2, 0.25) is 0 Å². The molecule has 2 aromatic heterocycles. The summed E-state index contributed by atoms with van der Waals surface area (Å²) < 4.78 is 62.3. The molecule has 0 N–H and O–H groups in total. The number of rotatable bonds is 16. The number of ether oxygens (including phenoxy) is 2. The van der Waals surface area contributed by atoms with Crippen molar-refractivity contribution in [2.24, 2.45) is 5.92 Å². The highest BCUT2D eigenvalue weighted by molar-refractivity contribution is 7.63. The van der Waals surface area contributed by atoms with Crippen molar-refractivity contribution in [1.82, 2.24) is 0 Å². The van der Waals surface area contributed by atoms with Gasteiger partial charge in [-0.05, 0) is 20.3 Å². The molecule has 0 aliphatic carbocycles. The van der Waals surface area contributed by atoms with E-state index in [2.05, 4.69) is 4.42 Å². The highest BCUT2D eigenvalue weighted by atomic mass is 31.3. The van der Waals surface area contributed by atoms with Crippen molar-refractivity contribution >= 4 is 37.6 Å². The van der Waals surface area contributed by atoms with Crippen LogP contribution in [0.4, 0.5) is 0 Å². The molecule has 2 heterocycles. The summed E-state index contributed by atoms with van der Waals surface area (Å²) in [5.74, 6) is -4.40. The minimum atomic E-state index is -3.92. The monoisotopic (exact) mass is 574 g/mol. The molecule has 0 spiro atoms. The lowest BCUT2D eigenvalue weighted by atomic mass is 10.1. The predicted molar refractivity (Wildman–Crippen MR) is 122 cm³/mol. The molecule has 0 aromatic carbocycles. The lowest BCUT2D eigenvalue weighted by Gasteiger charge is -2.21. The van der Waals surface area contributed by atoms with E-state index in [4.69, 9.17) is 40.4 Å². The average Bonchev–Trinajstić information content (AvgIpc) is 3.34. The summed E-state index contributed by atoms with van der Waals surface area (Å²) in [5.41, 5.74) is 0. The standard InChI is InChI=1S/C18H25O15P3/c1-10-13(30-17(21)28-10)7-26-15(19)6-5-12(9-36(23,32-34-24-3)33-35-25-4)16(20)27-8-14-11(2)29-18(22)31-14/h12,34-35H,5-9H2,1-4H3. The van der Waals surface area contributed by atoms with Gasteiger partial charge in [0, 0.05) is 20.6 Å². The highest BCUT2D eigenvalue weighted by Gasteiger charge is 2.35. The summed E-state index contributed by atoms with van der Waals surface area (Å²) in [4.78, 5) is 47.4. The largest absolute Gasteiger partial charge is 0.519 e. The van der Waals surface area contributed by atoms with Crippen molar-refractivity contribution in [3.63, 3.8) is 0 Å². The molecular formula is C18H25O15P3. The summed E-state index contributed by atoms with van der Waals surface area (Å²) in [5, 5.41) is 0. The zero-order chi connectivity index (χ0) is 26.7. The van der Waals surface area contributed by atoms with E-state index in [0.29, 0.717) is 0 Å². The molecule has 3 atom stereocenters. The maximum Gasteiger partial charge on any atom is 0.519 e. The molecule has 0 saturated heterocycles. The Labute approximate surface area is 207 Å². The molecular weight excluding hydrogens is 549 g/mol. The highest BCUT2D eigenvalue weighted by Crippen LogP contribution is 2.59. The number of aryl methyl sites for hydroxylation is 2. The third-order valence-corrected chi connectivity index (χ3v) is 8.42. The van der Waals surface area contributed by atoms with E-state index in [1.807, 2.05) is 0 Å². The minimum Gasteiger partial charge on any atom is -0.457 e. The van der Waals surface area contributed by atoms with Crippen LogP contribution in [0.3, 0.4) is 0 Å². The van der Waals surface area contributed by atoms with Gasteiger partial charge >= 0.3 is 31.2 Å². The molecule has 0 fully saturated rings. The van der Waals surface area contributed by atoms with E-state index < -0.39 is 67.9 Å². The molecule has 202 valence electrons. The molecule has 0 radical (unpaired) electrons. The van der Waals surface area contributed by atoms with Crippen molar-refractivity contribution in [1.29, 1.82) is 0 Å². The quantitative estimate of drug-likeness (QED) is 0.209. The molecule has 0 bridgehead atoms. The van der Waals surface area contributed by atoms with Gasteiger partial charge in [0.25, 0.3) is 0 Å². The number of carbonyl (C=O) groups is 2. The molecule has 0 saturated carbocycles. The number of carbonyl (C=O) groups excluding carboxylic acids is 2. The van der Waals surface area contributed by atoms with Gasteiger partial charge in [-0.1, -0.05) is 0 Å². The van der Waals surface area contributed by atoms with Gasteiger partial charge in [-0.15, -0.1) is 0 Å². The second-order valence-electron chi connectivity index (χ2n) is 6.92. The van der Waals surface area contributed by atoms with Crippen LogP contribution in [-0.4, -0.2) is 32.3 Å². The Kier molecular flexibility index (Phi) is 12.2. The Morgan fingerprint density at radius 1 is 0.861 bits per heavy atom. The van der Waals surface area contributed by atoms with Gasteiger partial charge in [-0.2, -0.15) is 0 Å². The van der Waals surface area contributed by atoms with Crippen LogP contribution in [0.15, 0.2) is 27.3 Å². The van der Waals surface area contributed by atoms with Gasteiger partial charge in [0.1, 0.15) is 0 Å². The zero-order valence-electron chi connectivity index (χ0n) is 19.7. The fourth-order valence-electron chi connectivity index (χ4n) is 2.61. The molecule has 0 aliphatic rings. The topological polar surface area (TPSA) is 193 Å². The van der Waals surface area contributed by atoms with Crippen molar-refractivity contribution in [2.45, 2.75) is 39.9 Å². The first-order chi connectivity index (χ1) is 17.1. The van der Waals surface area contributed by atoms with Crippen LogP contribution < -0.4 is 11.6 Å². The fraction of sp³-hybridized carbons (Fsp3) is 0.556. The zero-order valence-corrected chi connectivity index (χ0v) is 22.6. The smallest absolute Gasteiger partial charge is 0.457 e. The lowest BCUT2D eigenvalue weighted by Crippen LogP contribution is -2.23. The molecule has 0 amide bonds. The number of hydrogen-bond acceptors (Lipinski definition) is 15. The van der Waals surface area contributed by atoms with Crippen molar-refractivity contribution < 1.29 is 59.0 Å². The van der Waals surface area contributed by atoms with Gasteiger partial charge in [0.05, 0.1) is 12.1 Å². The Hall–Kier alpha value is -2.11. The van der Waals surface area contributed by atoms with Crippen molar-refractivity contribution in [3.8, 4) is 0 Å². The molecule has 2 rings (SSSR count). The van der Waals surface area contributed by atoms with E-state index in [9.17, 15) is 23.7 Å². The van der Waals surface area contributed by atoms with E-state index in [1.54, 1.807) is 0 Å². The van der Waals surface area contributed by atoms with Crippen LogP contribution in [-0.2, 0) is 54.5 Å². The first-order valence-corrected chi connectivity index (χ1v) is 13.5. The van der Waals surface area contributed by atoms with E-state index in [-0.39, 0.29) is 42.5 Å². The first-order valence-electron chi connectivity index (χ1n) is 10.1. The summed E-state index contributed by atoms with van der Waals surface area (Å²) in [6.07, 6.45) is -0.959. The molecule has 18 heteroatoms. The van der Waals surface area contributed by atoms with E-state index >= 15 is 0 Å². The molecule has 15 nitrogen and oxygen atoms in total. The Morgan fingerprint density at radius 3 is 1.81 bits per heavy atom. The second-order valence-corrected chi connectivity index (χ2v) is 11.1. The fourth-order valence-corrected chi connectivity index (χ4v) is 6.07. The van der Waals surface area contributed by atoms with Crippen LogP contribution in [0.2, 0.25) is 0 Å². The third-order valence-electron chi connectivity index (χ3n) is 4.37. The van der Waals surface area contributed by atoms with E-state index in [0.717, 1.165) is 0 Å². The Balaban J connectivity index is 2.08. The van der Waals surface area contributed by atoms with Crippen LogP contribution in [0.5, 0.6) is 0 Å². The predicted octanol–water partition coefficient (Wildman–Crippen LogP) is 3.11. The van der Waals surface area contributed by atoms with Crippen LogP contribution in [0.1, 0.15) is 35.9 Å². The van der Waals surface area contributed by atoms with Gasteiger partial charge in [0.15, 0.2) is 54.3 Å². The molecule has 3 unspecified atom stereocenters. The molecule has 2 aromatic rings. The summed E-state index contributed by atoms with van der Waals surface area (Å²) in [6, 6.07) is 0.